The lowest BCUT2D eigenvalue weighted by Crippen LogP contribution is -2.49. The van der Waals surface area contributed by atoms with Crippen molar-refractivity contribution in [3.8, 4) is 0 Å². The van der Waals surface area contributed by atoms with E-state index in [1.165, 1.54) is 49.8 Å². The van der Waals surface area contributed by atoms with Gasteiger partial charge in [0.25, 0.3) is 0 Å². The lowest BCUT2D eigenvalue weighted by Gasteiger charge is -2.56. The second kappa shape index (κ2) is 4.25. The van der Waals surface area contributed by atoms with Gasteiger partial charge in [0.05, 0.1) is 5.69 Å². The average Bonchev–Trinajstić information content (AvgIpc) is 2.67. The van der Waals surface area contributed by atoms with E-state index in [4.69, 9.17) is 10.8 Å². The predicted molar refractivity (Wildman–Crippen MR) is 81.5 cm³/mol. The Bertz CT molecular complexity index is 493. The van der Waals surface area contributed by atoms with Crippen LogP contribution in [-0.4, -0.2) is 9.78 Å². The highest BCUT2D eigenvalue weighted by Gasteiger charge is 2.53. The van der Waals surface area contributed by atoms with Crippen LogP contribution in [0.4, 0.5) is 5.82 Å². The molecule has 3 heteroatoms. The van der Waals surface area contributed by atoms with E-state index in [-0.39, 0.29) is 0 Å². The molecule has 0 atom stereocenters. The van der Waals surface area contributed by atoms with E-state index >= 15 is 0 Å². The summed E-state index contributed by atoms with van der Waals surface area (Å²) in [4.78, 5) is 0. The second-order valence-electron chi connectivity index (χ2n) is 7.78. The summed E-state index contributed by atoms with van der Waals surface area (Å²) in [6, 6.07) is 0. The zero-order valence-corrected chi connectivity index (χ0v) is 12.9. The summed E-state index contributed by atoms with van der Waals surface area (Å²) in [6.07, 6.45) is 10.9. The normalized spacial score (nSPS) is 38.6. The summed E-state index contributed by atoms with van der Waals surface area (Å²) < 4.78 is 1.93. The molecule has 4 saturated carbocycles. The standard InChI is InChI=1S/C17H27N3/c1-3-4-14-15(19-20(2)16(14)18)17-8-11-5-12(9-17)7-13(6-11)10-17/h11-13H,3-10,18H2,1-2H3. The fourth-order valence-electron chi connectivity index (χ4n) is 5.90. The number of hydrogen-bond donors (Lipinski definition) is 1. The molecule has 20 heavy (non-hydrogen) atoms. The van der Waals surface area contributed by atoms with Crippen LogP contribution < -0.4 is 5.73 Å². The predicted octanol–water partition coefficient (Wildman–Crippen LogP) is 3.42. The van der Waals surface area contributed by atoms with Crippen LogP contribution in [0.5, 0.6) is 0 Å². The maximum Gasteiger partial charge on any atom is 0.124 e. The summed E-state index contributed by atoms with van der Waals surface area (Å²) in [6.45, 7) is 2.25. The van der Waals surface area contributed by atoms with Gasteiger partial charge in [0.15, 0.2) is 0 Å². The molecular weight excluding hydrogens is 246 g/mol. The summed E-state index contributed by atoms with van der Waals surface area (Å²) >= 11 is 0. The van der Waals surface area contributed by atoms with Crippen molar-refractivity contribution in [1.82, 2.24) is 9.78 Å². The number of aryl methyl sites for hydroxylation is 1. The molecule has 4 bridgehead atoms. The van der Waals surface area contributed by atoms with Crippen LogP contribution in [0.1, 0.15) is 63.1 Å². The maximum absolute atomic E-state index is 6.31. The Morgan fingerprint density at radius 1 is 1.15 bits per heavy atom. The molecule has 0 unspecified atom stereocenters. The van der Waals surface area contributed by atoms with Crippen LogP contribution in [0.2, 0.25) is 0 Å². The molecule has 0 spiro atoms. The summed E-state index contributed by atoms with van der Waals surface area (Å²) in [7, 11) is 2.01. The molecule has 0 radical (unpaired) electrons. The van der Waals surface area contributed by atoms with Gasteiger partial charge < -0.3 is 5.73 Å². The Labute approximate surface area is 121 Å². The fourth-order valence-corrected chi connectivity index (χ4v) is 5.90. The molecule has 3 nitrogen and oxygen atoms in total. The first-order valence-corrected chi connectivity index (χ1v) is 8.43. The summed E-state index contributed by atoms with van der Waals surface area (Å²) in [5.41, 5.74) is 9.45. The molecule has 1 heterocycles. The highest BCUT2D eigenvalue weighted by Crippen LogP contribution is 2.61. The van der Waals surface area contributed by atoms with Gasteiger partial charge >= 0.3 is 0 Å². The van der Waals surface area contributed by atoms with Gasteiger partial charge in [-0.05, 0) is 62.7 Å². The minimum Gasteiger partial charge on any atom is -0.384 e. The number of aromatic nitrogens is 2. The van der Waals surface area contributed by atoms with E-state index in [9.17, 15) is 0 Å². The van der Waals surface area contributed by atoms with Gasteiger partial charge in [0, 0.05) is 18.0 Å². The Balaban J connectivity index is 1.79. The van der Waals surface area contributed by atoms with Crippen molar-refractivity contribution in [2.24, 2.45) is 24.8 Å². The Morgan fingerprint density at radius 3 is 2.20 bits per heavy atom. The number of rotatable bonds is 3. The van der Waals surface area contributed by atoms with Crippen molar-refractivity contribution in [3.63, 3.8) is 0 Å². The highest BCUT2D eigenvalue weighted by molar-refractivity contribution is 5.47. The molecule has 2 N–H and O–H groups in total. The van der Waals surface area contributed by atoms with Gasteiger partial charge in [-0.3, -0.25) is 4.68 Å². The van der Waals surface area contributed by atoms with E-state index in [0.717, 1.165) is 36.4 Å². The number of nitrogen functional groups attached to an aromatic ring is 1. The molecule has 1 aromatic rings. The average molecular weight is 273 g/mol. The molecule has 4 aliphatic rings. The topological polar surface area (TPSA) is 43.8 Å². The molecule has 0 aromatic carbocycles. The maximum atomic E-state index is 6.31. The van der Waals surface area contributed by atoms with Crippen LogP contribution in [0, 0.1) is 17.8 Å². The SMILES string of the molecule is CCCc1c(C23CC4CC(CC(C4)C2)C3)nn(C)c1N. The Hall–Kier alpha value is -0.990. The smallest absolute Gasteiger partial charge is 0.124 e. The second-order valence-corrected chi connectivity index (χ2v) is 7.78. The molecule has 0 aliphatic heterocycles. The molecule has 4 fully saturated rings. The lowest BCUT2D eigenvalue weighted by molar-refractivity contribution is -0.00780. The van der Waals surface area contributed by atoms with Gasteiger partial charge in [0.1, 0.15) is 5.82 Å². The van der Waals surface area contributed by atoms with Crippen LogP contribution in [0.25, 0.3) is 0 Å². The number of hydrogen-bond acceptors (Lipinski definition) is 2. The van der Waals surface area contributed by atoms with Gasteiger partial charge in [-0.2, -0.15) is 5.10 Å². The number of nitrogens with two attached hydrogens (primary N) is 1. The van der Waals surface area contributed by atoms with Crippen LogP contribution in [-0.2, 0) is 18.9 Å². The Kier molecular flexibility index (Phi) is 2.71. The third-order valence-electron chi connectivity index (χ3n) is 6.23. The Morgan fingerprint density at radius 2 is 1.70 bits per heavy atom. The van der Waals surface area contributed by atoms with Crippen molar-refractivity contribution in [3.05, 3.63) is 11.3 Å². The molecular formula is C17H27N3. The van der Waals surface area contributed by atoms with Crippen molar-refractivity contribution in [2.45, 2.75) is 63.7 Å². The zero-order chi connectivity index (χ0) is 13.9. The van der Waals surface area contributed by atoms with Gasteiger partial charge in [0.2, 0.25) is 0 Å². The van der Waals surface area contributed by atoms with Gasteiger partial charge in [-0.25, -0.2) is 0 Å². The monoisotopic (exact) mass is 273 g/mol. The zero-order valence-electron chi connectivity index (χ0n) is 12.9. The van der Waals surface area contributed by atoms with Crippen molar-refractivity contribution >= 4 is 5.82 Å². The molecule has 0 amide bonds. The van der Waals surface area contributed by atoms with Gasteiger partial charge in [-0.1, -0.05) is 13.3 Å². The first-order valence-electron chi connectivity index (χ1n) is 8.43. The van der Waals surface area contributed by atoms with Crippen LogP contribution >= 0.6 is 0 Å². The van der Waals surface area contributed by atoms with Gasteiger partial charge in [-0.15, -0.1) is 0 Å². The van der Waals surface area contributed by atoms with E-state index in [1.807, 2.05) is 11.7 Å². The first kappa shape index (κ1) is 12.7. The largest absolute Gasteiger partial charge is 0.384 e. The van der Waals surface area contributed by atoms with Crippen molar-refractivity contribution in [2.75, 3.05) is 5.73 Å². The summed E-state index contributed by atoms with van der Waals surface area (Å²) in [5.74, 6) is 3.83. The van der Waals surface area contributed by atoms with Crippen molar-refractivity contribution < 1.29 is 0 Å². The molecule has 0 saturated heterocycles. The van der Waals surface area contributed by atoms with E-state index in [2.05, 4.69) is 6.92 Å². The number of anilines is 1. The minimum absolute atomic E-state index is 0.384. The third-order valence-corrected chi connectivity index (χ3v) is 6.23. The summed E-state index contributed by atoms with van der Waals surface area (Å²) in [5, 5.41) is 4.91. The highest BCUT2D eigenvalue weighted by atomic mass is 15.3. The van der Waals surface area contributed by atoms with Crippen molar-refractivity contribution in [1.29, 1.82) is 0 Å². The van der Waals surface area contributed by atoms with Crippen LogP contribution in [0.3, 0.4) is 0 Å². The molecule has 1 aromatic heterocycles. The first-order chi connectivity index (χ1) is 9.61. The molecule has 5 rings (SSSR count). The minimum atomic E-state index is 0.384. The molecule has 110 valence electrons. The van der Waals surface area contributed by atoms with Crippen LogP contribution in [0.15, 0.2) is 0 Å². The van der Waals surface area contributed by atoms with E-state index < -0.39 is 0 Å². The van der Waals surface area contributed by atoms with E-state index in [0.29, 0.717) is 5.41 Å². The van der Waals surface area contributed by atoms with E-state index in [1.54, 1.807) is 0 Å². The molecule has 4 aliphatic carbocycles. The third kappa shape index (κ3) is 1.68. The fraction of sp³-hybridized carbons (Fsp3) is 0.824. The quantitative estimate of drug-likeness (QED) is 0.917. The lowest BCUT2D eigenvalue weighted by atomic mass is 9.48. The number of nitrogens with zero attached hydrogens (tertiary/aromatic N) is 2.